The molecule has 0 unspecified atom stereocenters. The molecule has 1 fully saturated rings. The normalized spacial score (nSPS) is 17.2. The van der Waals surface area contributed by atoms with E-state index in [4.69, 9.17) is 5.11 Å². The van der Waals surface area contributed by atoms with Gasteiger partial charge in [-0.25, -0.2) is 8.42 Å². The first-order chi connectivity index (χ1) is 12.1. The number of sulfonamides is 1. The lowest BCUT2D eigenvalue weighted by atomic mass is 10.2. The maximum Gasteiger partial charge on any atom is 0.573 e. The van der Waals surface area contributed by atoms with Crippen molar-refractivity contribution >= 4 is 16.0 Å². The van der Waals surface area contributed by atoms with E-state index in [0.29, 0.717) is 26.1 Å². The molecule has 1 saturated heterocycles. The average molecular weight is 396 g/mol. The van der Waals surface area contributed by atoms with Gasteiger partial charge in [0.25, 0.3) is 0 Å². The van der Waals surface area contributed by atoms with Crippen LogP contribution in [0.5, 0.6) is 5.75 Å². The van der Waals surface area contributed by atoms with E-state index in [2.05, 4.69) is 4.74 Å². The Kier molecular flexibility index (Phi) is 6.48. The van der Waals surface area contributed by atoms with Crippen LogP contribution in [0.15, 0.2) is 29.2 Å². The summed E-state index contributed by atoms with van der Waals surface area (Å²) in [5.41, 5.74) is 0. The summed E-state index contributed by atoms with van der Waals surface area (Å²) in [7, 11) is -3.80. The molecule has 0 atom stereocenters. The Balaban J connectivity index is 1.93. The molecule has 1 N–H and O–H groups in total. The van der Waals surface area contributed by atoms with Crippen LogP contribution >= 0.6 is 0 Å². The van der Waals surface area contributed by atoms with Crippen molar-refractivity contribution < 1.29 is 36.2 Å². The molecule has 1 aromatic carbocycles. The lowest BCUT2D eigenvalue weighted by Gasteiger charge is -2.33. The van der Waals surface area contributed by atoms with Crippen molar-refractivity contribution in [1.29, 1.82) is 0 Å². The maximum atomic E-state index is 12.6. The van der Waals surface area contributed by atoms with E-state index in [1.165, 1.54) is 4.31 Å². The minimum atomic E-state index is -4.84. The van der Waals surface area contributed by atoms with E-state index in [0.717, 1.165) is 24.3 Å². The third-order valence-corrected chi connectivity index (χ3v) is 5.80. The van der Waals surface area contributed by atoms with E-state index in [1.54, 1.807) is 0 Å². The second-order valence-corrected chi connectivity index (χ2v) is 7.70. The highest BCUT2D eigenvalue weighted by Gasteiger charge is 2.32. The topological polar surface area (TPSA) is 87.2 Å². The minimum absolute atomic E-state index is 0.0604. The molecule has 1 aliphatic rings. The van der Waals surface area contributed by atoms with Crippen LogP contribution in [0.25, 0.3) is 0 Å². The third-order valence-electron chi connectivity index (χ3n) is 3.89. The van der Waals surface area contributed by atoms with Crippen molar-refractivity contribution in [1.82, 2.24) is 9.21 Å². The first kappa shape index (κ1) is 20.5. The Bertz CT molecular complexity index is 714. The van der Waals surface area contributed by atoms with Crippen molar-refractivity contribution in [3.63, 3.8) is 0 Å². The highest BCUT2D eigenvalue weighted by atomic mass is 32.2. The number of benzene rings is 1. The number of carboxylic acids is 1. The molecule has 0 saturated carbocycles. The summed E-state index contributed by atoms with van der Waals surface area (Å²) < 4.78 is 66.6. The number of alkyl halides is 3. The van der Waals surface area contributed by atoms with Crippen LogP contribution < -0.4 is 4.74 Å². The molecule has 1 aliphatic heterocycles. The predicted molar refractivity (Wildman–Crippen MR) is 85.2 cm³/mol. The predicted octanol–water partition coefficient (Wildman–Crippen LogP) is 1.76. The van der Waals surface area contributed by atoms with Crippen LogP contribution in [0.4, 0.5) is 13.2 Å². The fraction of sp³-hybridized carbons (Fsp3) is 0.533. The van der Waals surface area contributed by atoms with Gasteiger partial charge >= 0.3 is 12.3 Å². The first-order valence-electron chi connectivity index (χ1n) is 7.88. The van der Waals surface area contributed by atoms with Gasteiger partial charge in [0.1, 0.15) is 5.75 Å². The largest absolute Gasteiger partial charge is 0.573 e. The highest BCUT2D eigenvalue weighted by molar-refractivity contribution is 7.89. The van der Waals surface area contributed by atoms with Gasteiger partial charge < -0.3 is 14.7 Å². The molecule has 0 spiro atoms. The van der Waals surface area contributed by atoms with Crippen LogP contribution in [-0.4, -0.2) is 67.8 Å². The summed E-state index contributed by atoms with van der Waals surface area (Å²) in [6.45, 7) is 1.97. The Labute approximate surface area is 149 Å². The minimum Gasteiger partial charge on any atom is -0.481 e. The fourth-order valence-corrected chi connectivity index (χ4v) is 4.03. The first-order valence-corrected chi connectivity index (χ1v) is 9.32. The van der Waals surface area contributed by atoms with Crippen LogP contribution in [0.3, 0.4) is 0 Å². The van der Waals surface area contributed by atoms with Gasteiger partial charge in [-0.15, -0.1) is 13.2 Å². The molecule has 0 aromatic heterocycles. The molecule has 0 radical (unpaired) electrons. The summed E-state index contributed by atoms with van der Waals surface area (Å²) in [6, 6.07) is 4.08. The SMILES string of the molecule is O=C(O)CCCN1CCN(S(=O)(=O)c2ccc(OC(F)(F)F)cc2)CC1. The summed E-state index contributed by atoms with van der Waals surface area (Å²) in [5.74, 6) is -1.36. The van der Waals surface area contributed by atoms with E-state index < -0.39 is 28.1 Å². The number of hydrogen-bond donors (Lipinski definition) is 1. The highest BCUT2D eigenvalue weighted by Crippen LogP contribution is 2.25. The number of halogens is 3. The fourth-order valence-electron chi connectivity index (χ4n) is 2.61. The van der Waals surface area contributed by atoms with Gasteiger partial charge in [-0.1, -0.05) is 0 Å². The summed E-state index contributed by atoms with van der Waals surface area (Å²) in [6.07, 6.45) is -4.29. The molecule has 0 aliphatic carbocycles. The van der Waals surface area contributed by atoms with E-state index in [-0.39, 0.29) is 24.4 Å². The van der Waals surface area contributed by atoms with Crippen LogP contribution in [0, 0.1) is 0 Å². The number of nitrogens with zero attached hydrogens (tertiary/aromatic N) is 2. The van der Waals surface area contributed by atoms with E-state index in [1.807, 2.05) is 4.90 Å². The third kappa shape index (κ3) is 5.85. The van der Waals surface area contributed by atoms with E-state index in [9.17, 15) is 26.4 Å². The van der Waals surface area contributed by atoms with Gasteiger partial charge in [0.2, 0.25) is 10.0 Å². The molecular formula is C15H19F3N2O5S. The Hall–Kier alpha value is -1.85. The number of rotatable bonds is 7. The van der Waals surface area contributed by atoms with Gasteiger partial charge in [0.15, 0.2) is 0 Å². The maximum absolute atomic E-state index is 12.6. The number of carboxylic acid groups (broad SMARTS) is 1. The Morgan fingerprint density at radius 3 is 2.19 bits per heavy atom. The summed E-state index contributed by atoms with van der Waals surface area (Å²) >= 11 is 0. The molecule has 1 aromatic rings. The zero-order valence-electron chi connectivity index (χ0n) is 13.8. The van der Waals surface area contributed by atoms with Crippen molar-refractivity contribution in [2.24, 2.45) is 0 Å². The van der Waals surface area contributed by atoms with Crippen molar-refractivity contribution in [2.75, 3.05) is 32.7 Å². The van der Waals surface area contributed by atoms with Gasteiger partial charge in [-0.05, 0) is 37.2 Å². The zero-order valence-corrected chi connectivity index (χ0v) is 14.6. The number of ether oxygens (including phenoxy) is 1. The van der Waals surface area contributed by atoms with Gasteiger partial charge in [0, 0.05) is 32.6 Å². The Morgan fingerprint density at radius 2 is 1.69 bits per heavy atom. The molecule has 0 bridgehead atoms. The molecule has 1 heterocycles. The average Bonchev–Trinajstić information content (AvgIpc) is 2.54. The van der Waals surface area contributed by atoms with Crippen molar-refractivity contribution in [3.8, 4) is 5.75 Å². The lowest BCUT2D eigenvalue weighted by Crippen LogP contribution is -2.48. The summed E-state index contributed by atoms with van der Waals surface area (Å²) in [4.78, 5) is 12.4. The lowest BCUT2D eigenvalue weighted by molar-refractivity contribution is -0.274. The number of hydrogen-bond acceptors (Lipinski definition) is 5. The van der Waals surface area contributed by atoms with Crippen molar-refractivity contribution in [3.05, 3.63) is 24.3 Å². The monoisotopic (exact) mass is 396 g/mol. The standard InChI is InChI=1S/C15H19F3N2O5S/c16-15(17,18)25-12-3-5-13(6-4-12)26(23,24)20-10-8-19(9-11-20)7-1-2-14(21)22/h3-6H,1-2,7-11H2,(H,21,22). The second kappa shape index (κ2) is 8.23. The van der Waals surface area contributed by atoms with Crippen LogP contribution in [0.1, 0.15) is 12.8 Å². The van der Waals surface area contributed by atoms with Crippen LogP contribution in [0.2, 0.25) is 0 Å². The van der Waals surface area contributed by atoms with E-state index >= 15 is 0 Å². The quantitative estimate of drug-likeness (QED) is 0.756. The number of aliphatic carboxylic acids is 1. The second-order valence-electron chi connectivity index (χ2n) is 5.76. The van der Waals surface area contributed by atoms with Gasteiger partial charge in [-0.3, -0.25) is 4.79 Å². The summed E-state index contributed by atoms with van der Waals surface area (Å²) in [5, 5.41) is 8.62. The number of piperazine rings is 1. The van der Waals surface area contributed by atoms with Crippen LogP contribution in [-0.2, 0) is 14.8 Å². The molecular weight excluding hydrogens is 377 g/mol. The van der Waals surface area contributed by atoms with Gasteiger partial charge in [0.05, 0.1) is 4.90 Å². The van der Waals surface area contributed by atoms with Crippen molar-refractivity contribution in [2.45, 2.75) is 24.1 Å². The molecule has 146 valence electrons. The molecule has 26 heavy (non-hydrogen) atoms. The van der Waals surface area contributed by atoms with Gasteiger partial charge in [-0.2, -0.15) is 4.31 Å². The molecule has 7 nitrogen and oxygen atoms in total. The Morgan fingerprint density at radius 1 is 1.12 bits per heavy atom. The molecule has 0 amide bonds. The smallest absolute Gasteiger partial charge is 0.481 e. The molecule has 11 heteroatoms. The molecule has 2 rings (SSSR count). The zero-order chi connectivity index (χ0) is 19.4. The number of carbonyl (C=O) groups is 1.